The molecule has 88 valence electrons. The molecule has 0 aliphatic carbocycles. The third kappa shape index (κ3) is 2.69. The first-order valence-corrected chi connectivity index (χ1v) is 7.22. The van der Waals surface area contributed by atoms with E-state index in [-0.39, 0.29) is 11.8 Å². The van der Waals surface area contributed by atoms with Gasteiger partial charge in [-0.2, -0.15) is 4.31 Å². The molecule has 2 N–H and O–H groups in total. The number of nitrogens with one attached hydrogen (secondary N) is 2. The number of hydrogen-bond acceptors (Lipinski definition) is 4. The molecule has 2 rings (SSSR count). The largest absolute Gasteiger partial charge is 0.315 e. The smallest absolute Gasteiger partial charge is 0.215 e. The molecule has 0 radical (unpaired) electrons. The van der Waals surface area contributed by atoms with Gasteiger partial charge in [-0.1, -0.05) is 0 Å². The van der Waals surface area contributed by atoms with Crippen molar-refractivity contribution in [3.63, 3.8) is 0 Å². The van der Waals surface area contributed by atoms with E-state index in [1.807, 2.05) is 0 Å². The van der Waals surface area contributed by atoms with Gasteiger partial charge in [-0.25, -0.2) is 8.42 Å². The summed E-state index contributed by atoms with van der Waals surface area (Å²) < 4.78 is 25.6. The highest BCUT2D eigenvalue weighted by Gasteiger charge is 2.31. The standard InChI is InChI=1S/C9H19N3O2S/c13-15(14)7-5-10-4-6-12(15)9-2-1-3-11-8-9/h9-11H,1-8H2. The zero-order valence-corrected chi connectivity index (χ0v) is 9.72. The van der Waals surface area contributed by atoms with Gasteiger partial charge in [-0.15, -0.1) is 0 Å². The van der Waals surface area contributed by atoms with Crippen LogP contribution < -0.4 is 10.6 Å². The Bertz CT molecular complexity index is 298. The summed E-state index contributed by atoms with van der Waals surface area (Å²) >= 11 is 0. The van der Waals surface area contributed by atoms with E-state index in [0.29, 0.717) is 13.1 Å². The fraction of sp³-hybridized carbons (Fsp3) is 1.00. The SMILES string of the molecule is O=S1(=O)CCNCCN1C1CCCNC1. The van der Waals surface area contributed by atoms with Crippen LogP contribution in [0.4, 0.5) is 0 Å². The third-order valence-electron chi connectivity index (χ3n) is 3.08. The van der Waals surface area contributed by atoms with Crippen LogP contribution in [0.1, 0.15) is 12.8 Å². The van der Waals surface area contributed by atoms with Crippen LogP contribution in [-0.2, 0) is 10.0 Å². The monoisotopic (exact) mass is 233 g/mol. The molecule has 1 atom stereocenters. The van der Waals surface area contributed by atoms with Crippen molar-refractivity contribution in [2.24, 2.45) is 0 Å². The van der Waals surface area contributed by atoms with E-state index in [1.165, 1.54) is 0 Å². The van der Waals surface area contributed by atoms with Gasteiger partial charge < -0.3 is 10.6 Å². The predicted octanol–water partition coefficient (Wildman–Crippen LogP) is -1.03. The lowest BCUT2D eigenvalue weighted by Gasteiger charge is -2.32. The lowest BCUT2D eigenvalue weighted by molar-refractivity contribution is 0.271. The van der Waals surface area contributed by atoms with Crippen molar-refractivity contribution in [3.8, 4) is 0 Å². The Hall–Kier alpha value is -0.170. The Kier molecular flexibility index (Phi) is 3.60. The third-order valence-corrected chi connectivity index (χ3v) is 5.00. The highest BCUT2D eigenvalue weighted by atomic mass is 32.2. The van der Waals surface area contributed by atoms with E-state index >= 15 is 0 Å². The second kappa shape index (κ2) is 4.78. The minimum Gasteiger partial charge on any atom is -0.315 e. The number of piperidine rings is 1. The fourth-order valence-corrected chi connectivity index (χ4v) is 3.90. The van der Waals surface area contributed by atoms with Gasteiger partial charge in [0.1, 0.15) is 0 Å². The van der Waals surface area contributed by atoms with Gasteiger partial charge >= 0.3 is 0 Å². The lowest BCUT2D eigenvalue weighted by Crippen LogP contribution is -2.49. The Labute approximate surface area is 91.3 Å². The Morgan fingerprint density at radius 2 is 2.00 bits per heavy atom. The number of sulfonamides is 1. The van der Waals surface area contributed by atoms with E-state index in [1.54, 1.807) is 4.31 Å². The normalized spacial score (nSPS) is 33.5. The maximum absolute atomic E-state index is 12.0. The summed E-state index contributed by atoms with van der Waals surface area (Å²) in [5.74, 6) is 0.240. The van der Waals surface area contributed by atoms with Crippen LogP contribution in [0.5, 0.6) is 0 Å². The van der Waals surface area contributed by atoms with Gasteiger partial charge in [0.05, 0.1) is 5.75 Å². The summed E-state index contributed by atoms with van der Waals surface area (Å²) in [5, 5.41) is 6.39. The second-order valence-electron chi connectivity index (χ2n) is 4.18. The number of rotatable bonds is 1. The van der Waals surface area contributed by atoms with Crippen molar-refractivity contribution in [1.29, 1.82) is 0 Å². The van der Waals surface area contributed by atoms with Crippen LogP contribution in [0, 0.1) is 0 Å². The molecule has 0 amide bonds. The van der Waals surface area contributed by atoms with Crippen LogP contribution in [0.2, 0.25) is 0 Å². The van der Waals surface area contributed by atoms with Gasteiger partial charge in [0.15, 0.2) is 0 Å². The van der Waals surface area contributed by atoms with Crippen molar-refractivity contribution in [1.82, 2.24) is 14.9 Å². The first kappa shape index (κ1) is 11.3. The first-order valence-electron chi connectivity index (χ1n) is 5.61. The molecule has 2 saturated heterocycles. The van der Waals surface area contributed by atoms with E-state index < -0.39 is 10.0 Å². The van der Waals surface area contributed by atoms with E-state index in [2.05, 4.69) is 10.6 Å². The molecule has 0 aromatic heterocycles. The van der Waals surface area contributed by atoms with Crippen molar-refractivity contribution in [3.05, 3.63) is 0 Å². The maximum Gasteiger partial charge on any atom is 0.215 e. The summed E-state index contributed by atoms with van der Waals surface area (Å²) in [5.41, 5.74) is 0. The first-order chi connectivity index (χ1) is 7.20. The molecule has 0 bridgehead atoms. The summed E-state index contributed by atoms with van der Waals surface area (Å²) in [7, 11) is -3.03. The summed E-state index contributed by atoms with van der Waals surface area (Å²) in [6, 6.07) is 0.170. The molecule has 6 heteroatoms. The zero-order chi connectivity index (χ0) is 10.7. The predicted molar refractivity (Wildman–Crippen MR) is 59.3 cm³/mol. The van der Waals surface area contributed by atoms with Crippen LogP contribution in [0.3, 0.4) is 0 Å². The van der Waals surface area contributed by atoms with Crippen molar-refractivity contribution >= 4 is 10.0 Å². The van der Waals surface area contributed by atoms with Crippen LogP contribution >= 0.6 is 0 Å². The molecule has 5 nitrogen and oxygen atoms in total. The number of hydrogen-bond donors (Lipinski definition) is 2. The zero-order valence-electron chi connectivity index (χ0n) is 8.91. The molecule has 0 saturated carbocycles. The van der Waals surface area contributed by atoms with E-state index in [0.717, 1.165) is 32.5 Å². The molecule has 0 aromatic carbocycles. The van der Waals surface area contributed by atoms with Gasteiger partial charge in [0, 0.05) is 32.2 Å². The highest BCUT2D eigenvalue weighted by Crippen LogP contribution is 2.15. The van der Waals surface area contributed by atoms with Gasteiger partial charge in [0.25, 0.3) is 0 Å². The van der Waals surface area contributed by atoms with Crippen LogP contribution in [-0.4, -0.2) is 57.2 Å². The number of nitrogens with zero attached hydrogens (tertiary/aromatic N) is 1. The molecule has 2 heterocycles. The molecule has 2 aliphatic rings. The van der Waals surface area contributed by atoms with E-state index in [9.17, 15) is 8.42 Å². The van der Waals surface area contributed by atoms with E-state index in [4.69, 9.17) is 0 Å². The Morgan fingerprint density at radius 1 is 1.13 bits per heavy atom. The van der Waals surface area contributed by atoms with Crippen LogP contribution in [0.15, 0.2) is 0 Å². The average Bonchev–Trinajstić information content (AvgIpc) is 2.40. The summed E-state index contributed by atoms with van der Waals surface area (Å²) in [4.78, 5) is 0. The molecule has 0 spiro atoms. The minimum atomic E-state index is -3.03. The quantitative estimate of drug-likeness (QED) is 0.608. The van der Waals surface area contributed by atoms with Crippen molar-refractivity contribution in [2.45, 2.75) is 18.9 Å². The molecule has 1 unspecified atom stereocenters. The van der Waals surface area contributed by atoms with Crippen LogP contribution in [0.25, 0.3) is 0 Å². The lowest BCUT2D eigenvalue weighted by atomic mass is 10.1. The summed E-state index contributed by atoms with van der Waals surface area (Å²) in [6.45, 7) is 3.80. The molecule has 2 aliphatic heterocycles. The van der Waals surface area contributed by atoms with Gasteiger partial charge in [-0.05, 0) is 19.4 Å². The maximum atomic E-state index is 12.0. The topological polar surface area (TPSA) is 61.4 Å². The second-order valence-corrected chi connectivity index (χ2v) is 6.22. The van der Waals surface area contributed by atoms with Crippen molar-refractivity contribution < 1.29 is 8.42 Å². The minimum absolute atomic E-state index is 0.170. The van der Waals surface area contributed by atoms with Gasteiger partial charge in [-0.3, -0.25) is 0 Å². The fourth-order valence-electron chi connectivity index (χ4n) is 2.26. The molecule has 2 fully saturated rings. The molecule has 0 aromatic rings. The molecular formula is C9H19N3O2S. The Morgan fingerprint density at radius 3 is 2.73 bits per heavy atom. The molecule has 15 heavy (non-hydrogen) atoms. The highest BCUT2D eigenvalue weighted by molar-refractivity contribution is 7.89. The summed E-state index contributed by atoms with van der Waals surface area (Å²) in [6.07, 6.45) is 2.07. The van der Waals surface area contributed by atoms with Crippen molar-refractivity contribution in [2.75, 3.05) is 38.5 Å². The van der Waals surface area contributed by atoms with Gasteiger partial charge in [0.2, 0.25) is 10.0 Å². The molecular weight excluding hydrogens is 214 g/mol. The Balaban J connectivity index is 2.09. The average molecular weight is 233 g/mol.